The first-order valence-electron chi connectivity index (χ1n) is 8.84. The number of rotatable bonds is 5. The summed E-state index contributed by atoms with van der Waals surface area (Å²) in [6, 6.07) is 14.3. The molecule has 4 heteroatoms. The molecule has 0 bridgehead atoms. The summed E-state index contributed by atoms with van der Waals surface area (Å²) in [7, 11) is 0. The SMILES string of the molecule is CCCC(=O)N1CCN(CC(O)c2ccc3ccccc3c2)CC1. The highest BCUT2D eigenvalue weighted by Crippen LogP contribution is 2.21. The van der Waals surface area contributed by atoms with Crippen LogP contribution in [0.25, 0.3) is 10.8 Å². The number of amides is 1. The first-order valence-corrected chi connectivity index (χ1v) is 8.84. The van der Waals surface area contributed by atoms with Crippen molar-refractivity contribution < 1.29 is 9.90 Å². The molecule has 2 aromatic rings. The summed E-state index contributed by atoms with van der Waals surface area (Å²) in [5.74, 6) is 0.257. The van der Waals surface area contributed by atoms with Crippen molar-refractivity contribution in [3.8, 4) is 0 Å². The number of hydrogen-bond donors (Lipinski definition) is 1. The molecule has 2 aromatic carbocycles. The minimum atomic E-state index is -0.493. The van der Waals surface area contributed by atoms with Crippen LogP contribution in [-0.4, -0.2) is 53.5 Å². The van der Waals surface area contributed by atoms with Gasteiger partial charge in [0.25, 0.3) is 0 Å². The van der Waals surface area contributed by atoms with Crippen LogP contribution >= 0.6 is 0 Å². The number of piperazine rings is 1. The van der Waals surface area contributed by atoms with Gasteiger partial charge >= 0.3 is 0 Å². The number of hydrogen-bond acceptors (Lipinski definition) is 3. The van der Waals surface area contributed by atoms with E-state index in [1.807, 2.05) is 30.0 Å². The predicted molar refractivity (Wildman–Crippen MR) is 96.8 cm³/mol. The van der Waals surface area contributed by atoms with E-state index in [0.29, 0.717) is 13.0 Å². The van der Waals surface area contributed by atoms with E-state index in [4.69, 9.17) is 0 Å². The zero-order valence-electron chi connectivity index (χ0n) is 14.3. The Bertz CT molecular complexity index is 693. The van der Waals surface area contributed by atoms with Crippen LogP contribution in [0.4, 0.5) is 0 Å². The third-order valence-corrected chi connectivity index (χ3v) is 4.78. The lowest BCUT2D eigenvalue weighted by molar-refractivity contribution is -0.133. The first kappa shape index (κ1) is 16.9. The Morgan fingerprint density at radius 3 is 2.50 bits per heavy atom. The van der Waals surface area contributed by atoms with E-state index >= 15 is 0 Å². The van der Waals surface area contributed by atoms with Gasteiger partial charge in [-0.1, -0.05) is 43.3 Å². The summed E-state index contributed by atoms with van der Waals surface area (Å²) in [4.78, 5) is 16.1. The van der Waals surface area contributed by atoms with Gasteiger partial charge in [0.15, 0.2) is 0 Å². The minimum absolute atomic E-state index is 0.257. The fraction of sp³-hybridized carbons (Fsp3) is 0.450. The van der Waals surface area contributed by atoms with Gasteiger partial charge in [0, 0.05) is 39.1 Å². The molecule has 0 aromatic heterocycles. The monoisotopic (exact) mass is 326 g/mol. The highest BCUT2D eigenvalue weighted by Gasteiger charge is 2.22. The molecule has 1 fully saturated rings. The molecule has 1 saturated heterocycles. The number of carbonyl (C=O) groups excluding carboxylic acids is 1. The van der Waals surface area contributed by atoms with Crippen LogP contribution in [0, 0.1) is 0 Å². The Morgan fingerprint density at radius 2 is 1.79 bits per heavy atom. The minimum Gasteiger partial charge on any atom is -0.387 e. The molecule has 0 spiro atoms. The van der Waals surface area contributed by atoms with Crippen LogP contribution in [0.3, 0.4) is 0 Å². The van der Waals surface area contributed by atoms with Gasteiger partial charge in [0.1, 0.15) is 0 Å². The molecule has 0 saturated carbocycles. The zero-order valence-corrected chi connectivity index (χ0v) is 14.3. The average molecular weight is 326 g/mol. The number of aliphatic hydroxyl groups is 1. The molecule has 1 aliphatic heterocycles. The molecule has 3 rings (SSSR count). The van der Waals surface area contributed by atoms with Crippen molar-refractivity contribution in [1.29, 1.82) is 0 Å². The van der Waals surface area contributed by atoms with Crippen molar-refractivity contribution in [3.05, 3.63) is 48.0 Å². The van der Waals surface area contributed by atoms with Crippen molar-refractivity contribution in [1.82, 2.24) is 9.80 Å². The fourth-order valence-corrected chi connectivity index (χ4v) is 3.32. The maximum Gasteiger partial charge on any atom is 0.222 e. The number of nitrogens with zero attached hydrogens (tertiary/aromatic N) is 2. The largest absolute Gasteiger partial charge is 0.387 e. The zero-order chi connectivity index (χ0) is 16.9. The van der Waals surface area contributed by atoms with E-state index in [1.165, 1.54) is 5.39 Å². The number of aliphatic hydroxyl groups excluding tert-OH is 1. The number of fused-ring (bicyclic) bond motifs is 1. The van der Waals surface area contributed by atoms with Crippen LogP contribution in [0.2, 0.25) is 0 Å². The van der Waals surface area contributed by atoms with Gasteiger partial charge in [-0.15, -0.1) is 0 Å². The summed E-state index contributed by atoms with van der Waals surface area (Å²) in [6.45, 7) is 5.86. The molecule has 1 N–H and O–H groups in total. The molecule has 0 radical (unpaired) electrons. The Hall–Kier alpha value is -1.91. The van der Waals surface area contributed by atoms with Gasteiger partial charge in [-0.25, -0.2) is 0 Å². The first-order chi connectivity index (χ1) is 11.7. The topological polar surface area (TPSA) is 43.8 Å². The highest BCUT2D eigenvalue weighted by atomic mass is 16.3. The average Bonchev–Trinajstić information content (AvgIpc) is 2.62. The third-order valence-electron chi connectivity index (χ3n) is 4.78. The lowest BCUT2D eigenvalue weighted by Gasteiger charge is -2.35. The van der Waals surface area contributed by atoms with Gasteiger partial charge in [0.2, 0.25) is 5.91 Å². The summed E-state index contributed by atoms with van der Waals surface area (Å²) in [5, 5.41) is 12.9. The van der Waals surface area contributed by atoms with E-state index in [9.17, 15) is 9.90 Å². The second kappa shape index (κ2) is 7.77. The molecule has 1 heterocycles. The summed E-state index contributed by atoms with van der Waals surface area (Å²) in [5.41, 5.74) is 0.957. The molecular weight excluding hydrogens is 300 g/mol. The van der Waals surface area contributed by atoms with Crippen molar-refractivity contribution in [2.24, 2.45) is 0 Å². The summed E-state index contributed by atoms with van der Waals surface area (Å²) in [6.07, 6.45) is 1.05. The van der Waals surface area contributed by atoms with E-state index < -0.39 is 6.10 Å². The molecule has 1 unspecified atom stereocenters. The smallest absolute Gasteiger partial charge is 0.222 e. The molecule has 1 aliphatic rings. The molecular formula is C20H26N2O2. The van der Waals surface area contributed by atoms with E-state index in [0.717, 1.165) is 43.5 Å². The van der Waals surface area contributed by atoms with Crippen molar-refractivity contribution in [2.75, 3.05) is 32.7 Å². The Kier molecular flexibility index (Phi) is 5.48. The number of benzene rings is 2. The van der Waals surface area contributed by atoms with Crippen LogP contribution in [0.5, 0.6) is 0 Å². The van der Waals surface area contributed by atoms with Crippen LogP contribution in [0.1, 0.15) is 31.4 Å². The van der Waals surface area contributed by atoms with Gasteiger partial charge in [0.05, 0.1) is 6.10 Å². The second-order valence-corrected chi connectivity index (χ2v) is 6.55. The predicted octanol–water partition coefficient (Wildman–Crippen LogP) is 2.82. The molecule has 1 amide bonds. The molecule has 0 aliphatic carbocycles. The van der Waals surface area contributed by atoms with Crippen molar-refractivity contribution in [2.45, 2.75) is 25.9 Å². The Labute approximate surface area is 143 Å². The van der Waals surface area contributed by atoms with E-state index in [-0.39, 0.29) is 5.91 Å². The van der Waals surface area contributed by atoms with Gasteiger partial charge in [-0.2, -0.15) is 0 Å². The van der Waals surface area contributed by atoms with Crippen LogP contribution in [-0.2, 0) is 4.79 Å². The summed E-state index contributed by atoms with van der Waals surface area (Å²) >= 11 is 0. The number of β-amino-alcohol motifs (C(OH)–C–C–N with tert-alkyl or cyclic N) is 1. The quantitative estimate of drug-likeness (QED) is 0.919. The van der Waals surface area contributed by atoms with Crippen LogP contribution < -0.4 is 0 Å². The Morgan fingerprint density at radius 1 is 1.08 bits per heavy atom. The van der Waals surface area contributed by atoms with Crippen molar-refractivity contribution in [3.63, 3.8) is 0 Å². The maximum atomic E-state index is 11.9. The van der Waals surface area contributed by atoms with Gasteiger partial charge in [-0.05, 0) is 28.8 Å². The molecule has 24 heavy (non-hydrogen) atoms. The standard InChI is InChI=1S/C20H26N2O2/c1-2-5-20(24)22-12-10-21(11-13-22)15-19(23)18-9-8-16-6-3-4-7-17(16)14-18/h3-4,6-9,14,19,23H,2,5,10-13,15H2,1H3. The lowest BCUT2D eigenvalue weighted by atomic mass is 10.0. The lowest BCUT2D eigenvalue weighted by Crippen LogP contribution is -2.49. The van der Waals surface area contributed by atoms with Gasteiger partial charge in [-0.3, -0.25) is 9.69 Å². The normalized spacial score (nSPS) is 17.2. The molecule has 1 atom stereocenters. The van der Waals surface area contributed by atoms with E-state index in [1.54, 1.807) is 0 Å². The van der Waals surface area contributed by atoms with Gasteiger partial charge < -0.3 is 10.0 Å². The molecule has 128 valence electrons. The summed E-state index contributed by atoms with van der Waals surface area (Å²) < 4.78 is 0. The van der Waals surface area contributed by atoms with E-state index in [2.05, 4.69) is 29.2 Å². The van der Waals surface area contributed by atoms with Crippen LogP contribution in [0.15, 0.2) is 42.5 Å². The second-order valence-electron chi connectivity index (χ2n) is 6.55. The van der Waals surface area contributed by atoms with Crippen molar-refractivity contribution >= 4 is 16.7 Å². The highest BCUT2D eigenvalue weighted by molar-refractivity contribution is 5.83. The number of carbonyl (C=O) groups is 1. The molecule has 4 nitrogen and oxygen atoms in total. The fourth-order valence-electron chi connectivity index (χ4n) is 3.32. The maximum absolute atomic E-state index is 11.9. The third kappa shape index (κ3) is 3.94. The Balaban J connectivity index is 1.57.